The van der Waals surface area contributed by atoms with Crippen LogP contribution in [0.25, 0.3) is 0 Å². The number of rotatable bonds is 7. The normalized spacial score (nSPS) is 13.1. The van der Waals surface area contributed by atoms with Gasteiger partial charge in [0.1, 0.15) is 0 Å². The molecule has 0 aromatic carbocycles. The highest BCUT2D eigenvalue weighted by Gasteiger charge is 2.13. The van der Waals surface area contributed by atoms with Gasteiger partial charge in [-0.25, -0.2) is 4.98 Å². The number of hydrogen-bond acceptors (Lipinski definition) is 3. The van der Waals surface area contributed by atoms with Gasteiger partial charge in [-0.2, -0.15) is 0 Å². The largest absolute Gasteiger partial charge is 0.345 e. The lowest BCUT2D eigenvalue weighted by Gasteiger charge is -2.23. The number of nitrogens with zero attached hydrogens (tertiary/aromatic N) is 3. The van der Waals surface area contributed by atoms with Gasteiger partial charge >= 0.3 is 0 Å². The van der Waals surface area contributed by atoms with Crippen molar-refractivity contribution in [1.29, 1.82) is 0 Å². The molecular weight excluding hydrogens is 224 g/mol. The summed E-state index contributed by atoms with van der Waals surface area (Å²) >= 11 is 0. The zero-order valence-corrected chi connectivity index (χ0v) is 12.5. The van der Waals surface area contributed by atoms with Gasteiger partial charge < -0.3 is 15.2 Å². The van der Waals surface area contributed by atoms with Crippen LogP contribution in [0.5, 0.6) is 0 Å². The first-order valence-electron chi connectivity index (χ1n) is 6.96. The summed E-state index contributed by atoms with van der Waals surface area (Å²) < 4.78 is 2.23. The molecule has 0 aliphatic rings. The van der Waals surface area contributed by atoms with Gasteiger partial charge in [0, 0.05) is 32.4 Å². The molecule has 4 heteroatoms. The van der Waals surface area contributed by atoms with Crippen molar-refractivity contribution in [1.82, 2.24) is 9.55 Å². The zero-order valence-electron chi connectivity index (χ0n) is 12.5. The van der Waals surface area contributed by atoms with Gasteiger partial charge in [-0.3, -0.25) is 0 Å². The molecule has 2 N–H and O–H groups in total. The molecule has 0 aliphatic heterocycles. The molecular formula is C14H28N4. The average Bonchev–Trinajstić information content (AvgIpc) is 2.67. The maximum absolute atomic E-state index is 6.09. The molecule has 0 fully saturated rings. The summed E-state index contributed by atoms with van der Waals surface area (Å²) in [7, 11) is 2.10. The van der Waals surface area contributed by atoms with Gasteiger partial charge in [0.15, 0.2) is 0 Å². The monoisotopic (exact) mass is 252 g/mol. The topological polar surface area (TPSA) is 47.1 Å². The van der Waals surface area contributed by atoms with E-state index in [1.165, 1.54) is 0 Å². The molecule has 104 valence electrons. The third kappa shape index (κ3) is 4.02. The van der Waals surface area contributed by atoms with Crippen LogP contribution in [0.1, 0.15) is 39.3 Å². The van der Waals surface area contributed by atoms with Gasteiger partial charge in [-0.1, -0.05) is 20.8 Å². The highest BCUT2D eigenvalue weighted by atomic mass is 15.3. The van der Waals surface area contributed by atoms with Crippen LogP contribution in [0.2, 0.25) is 0 Å². The number of imidazole rings is 1. The van der Waals surface area contributed by atoms with Crippen molar-refractivity contribution in [2.24, 2.45) is 11.7 Å². The zero-order chi connectivity index (χ0) is 13.7. The maximum Gasteiger partial charge on any atom is 0.205 e. The predicted molar refractivity (Wildman–Crippen MR) is 78.0 cm³/mol. The smallest absolute Gasteiger partial charge is 0.205 e. The first-order chi connectivity index (χ1) is 8.45. The third-order valence-corrected chi connectivity index (χ3v) is 3.34. The van der Waals surface area contributed by atoms with E-state index in [2.05, 4.69) is 48.5 Å². The summed E-state index contributed by atoms with van der Waals surface area (Å²) in [5.74, 6) is 1.60. The van der Waals surface area contributed by atoms with Gasteiger partial charge in [-0.05, 0) is 25.7 Å². The van der Waals surface area contributed by atoms with E-state index in [4.69, 9.17) is 5.73 Å². The predicted octanol–water partition coefficient (Wildman–Crippen LogP) is 2.41. The number of hydrogen-bond donors (Lipinski definition) is 1. The minimum Gasteiger partial charge on any atom is -0.345 e. The lowest BCUT2D eigenvalue weighted by atomic mass is 10.0. The Bertz CT molecular complexity index is 357. The van der Waals surface area contributed by atoms with Gasteiger partial charge in [0.2, 0.25) is 5.95 Å². The van der Waals surface area contributed by atoms with Crippen LogP contribution in [-0.2, 0) is 6.54 Å². The number of aromatic nitrogens is 2. The van der Waals surface area contributed by atoms with Crippen molar-refractivity contribution in [3.63, 3.8) is 0 Å². The first-order valence-corrected chi connectivity index (χ1v) is 6.96. The number of aryl methyl sites for hydroxylation is 2. The van der Waals surface area contributed by atoms with Crippen molar-refractivity contribution in [3.8, 4) is 0 Å². The fourth-order valence-corrected chi connectivity index (χ4v) is 2.02. The highest BCUT2D eigenvalue weighted by Crippen LogP contribution is 2.14. The molecule has 1 rings (SSSR count). The Kier molecular flexibility index (Phi) is 5.66. The van der Waals surface area contributed by atoms with E-state index in [1.54, 1.807) is 0 Å². The second-order valence-electron chi connectivity index (χ2n) is 5.49. The number of anilines is 1. The first kappa shape index (κ1) is 15.0. The highest BCUT2D eigenvalue weighted by molar-refractivity contribution is 5.32. The van der Waals surface area contributed by atoms with Gasteiger partial charge in [-0.15, -0.1) is 0 Å². The summed E-state index contributed by atoms with van der Waals surface area (Å²) in [5, 5.41) is 0. The van der Waals surface area contributed by atoms with E-state index in [0.29, 0.717) is 5.92 Å². The molecule has 1 aromatic heterocycles. The lowest BCUT2D eigenvalue weighted by Crippen LogP contribution is -2.32. The molecule has 1 aromatic rings. The van der Waals surface area contributed by atoms with Crippen LogP contribution in [0.3, 0.4) is 0 Å². The molecule has 0 spiro atoms. The molecule has 1 heterocycles. The second kappa shape index (κ2) is 6.78. The summed E-state index contributed by atoms with van der Waals surface area (Å²) in [6, 6.07) is 0.267. The second-order valence-corrected chi connectivity index (χ2v) is 5.49. The standard InChI is InChI=1S/C14H28N4/c1-6-8-18-10-12(4)16-14(18)17(5)9-7-13(15)11(2)3/h10-11,13H,6-9,15H2,1-5H3. The molecule has 0 amide bonds. The van der Waals surface area contributed by atoms with Crippen molar-refractivity contribution < 1.29 is 0 Å². The average molecular weight is 252 g/mol. The fraction of sp³-hybridized carbons (Fsp3) is 0.786. The minimum atomic E-state index is 0.267. The lowest BCUT2D eigenvalue weighted by molar-refractivity contribution is 0.464. The third-order valence-electron chi connectivity index (χ3n) is 3.34. The van der Waals surface area contributed by atoms with Crippen molar-refractivity contribution in [2.45, 2.75) is 53.1 Å². The molecule has 0 bridgehead atoms. The number of nitrogens with two attached hydrogens (primary N) is 1. The summed E-state index contributed by atoms with van der Waals surface area (Å²) in [5.41, 5.74) is 7.17. The van der Waals surface area contributed by atoms with Gasteiger partial charge in [0.05, 0.1) is 5.69 Å². The summed E-state index contributed by atoms with van der Waals surface area (Å²) in [4.78, 5) is 6.81. The Hall–Kier alpha value is -1.03. The van der Waals surface area contributed by atoms with Gasteiger partial charge in [0.25, 0.3) is 0 Å². The quantitative estimate of drug-likeness (QED) is 0.810. The van der Waals surface area contributed by atoms with Crippen LogP contribution in [-0.4, -0.2) is 29.2 Å². The fourth-order valence-electron chi connectivity index (χ4n) is 2.02. The Morgan fingerprint density at radius 2 is 2.11 bits per heavy atom. The maximum atomic E-state index is 6.09. The minimum absolute atomic E-state index is 0.267. The molecule has 0 saturated heterocycles. The molecule has 4 nitrogen and oxygen atoms in total. The van der Waals surface area contributed by atoms with E-state index < -0.39 is 0 Å². The molecule has 0 radical (unpaired) electrons. The van der Waals surface area contributed by atoms with Crippen molar-refractivity contribution in [3.05, 3.63) is 11.9 Å². The van der Waals surface area contributed by atoms with Crippen LogP contribution >= 0.6 is 0 Å². The molecule has 18 heavy (non-hydrogen) atoms. The Morgan fingerprint density at radius 3 is 2.67 bits per heavy atom. The van der Waals surface area contributed by atoms with Crippen LogP contribution in [0.4, 0.5) is 5.95 Å². The molecule has 0 aliphatic carbocycles. The molecule has 0 saturated carbocycles. The Balaban J connectivity index is 2.63. The summed E-state index contributed by atoms with van der Waals surface area (Å²) in [6.07, 6.45) is 4.26. The van der Waals surface area contributed by atoms with Crippen LogP contribution in [0.15, 0.2) is 6.20 Å². The van der Waals surface area contributed by atoms with Crippen molar-refractivity contribution in [2.75, 3.05) is 18.5 Å². The van der Waals surface area contributed by atoms with E-state index in [0.717, 1.165) is 37.6 Å². The Labute approximate surface area is 111 Å². The van der Waals surface area contributed by atoms with E-state index >= 15 is 0 Å². The van der Waals surface area contributed by atoms with Crippen LogP contribution < -0.4 is 10.6 Å². The summed E-state index contributed by atoms with van der Waals surface area (Å²) in [6.45, 7) is 10.6. The van der Waals surface area contributed by atoms with Crippen molar-refractivity contribution >= 4 is 5.95 Å². The molecule has 1 atom stereocenters. The van der Waals surface area contributed by atoms with Crippen LogP contribution in [0, 0.1) is 12.8 Å². The molecule has 1 unspecified atom stereocenters. The SMILES string of the molecule is CCCn1cc(C)nc1N(C)CCC(N)C(C)C. The van der Waals surface area contributed by atoms with E-state index in [9.17, 15) is 0 Å². The Morgan fingerprint density at radius 1 is 1.44 bits per heavy atom. The van der Waals surface area contributed by atoms with E-state index in [-0.39, 0.29) is 6.04 Å². The van der Waals surface area contributed by atoms with E-state index in [1.807, 2.05) is 6.92 Å².